The predicted molar refractivity (Wildman–Crippen MR) is 120 cm³/mol. The molecule has 0 aliphatic rings. The van der Waals surface area contributed by atoms with Crippen LogP contribution in [-0.4, -0.2) is 51.1 Å². The molecule has 0 unspecified atom stereocenters. The number of aliphatic hydroxyl groups excluding tert-OH is 1. The highest BCUT2D eigenvalue weighted by Gasteiger charge is 2.16. The number of nitrogens with two attached hydrogens (primary N) is 1. The first-order valence-electron chi connectivity index (χ1n) is 9.99. The number of nitrogens with zero attached hydrogens (tertiary/aromatic N) is 4. The van der Waals surface area contributed by atoms with Gasteiger partial charge in [0.15, 0.2) is 0 Å². The quantitative estimate of drug-likeness (QED) is 0.620. The SMILES string of the molecule is CCc1ncnc(-c2ccc(C(=O)N(C)CCO)c(C)c2)c1C#Cc1ccc(N)nc1. The number of aromatic nitrogens is 3. The lowest BCUT2D eigenvalue weighted by Crippen LogP contribution is -2.29. The fourth-order valence-electron chi connectivity index (χ4n) is 3.16. The van der Waals surface area contributed by atoms with Crippen LogP contribution in [0.2, 0.25) is 0 Å². The van der Waals surface area contributed by atoms with E-state index in [-0.39, 0.29) is 19.1 Å². The molecule has 0 fully saturated rings. The van der Waals surface area contributed by atoms with Crippen molar-refractivity contribution >= 4 is 11.7 Å². The number of aliphatic hydroxyl groups is 1. The summed E-state index contributed by atoms with van der Waals surface area (Å²) >= 11 is 0. The maximum absolute atomic E-state index is 12.6. The van der Waals surface area contributed by atoms with E-state index in [1.54, 1.807) is 25.4 Å². The van der Waals surface area contributed by atoms with Crippen molar-refractivity contribution in [3.05, 3.63) is 70.8 Å². The molecule has 2 aromatic heterocycles. The van der Waals surface area contributed by atoms with E-state index in [9.17, 15) is 4.79 Å². The van der Waals surface area contributed by atoms with Gasteiger partial charge in [0.05, 0.1) is 23.6 Å². The lowest BCUT2D eigenvalue weighted by Gasteiger charge is -2.17. The molecule has 0 saturated carbocycles. The minimum atomic E-state index is -0.133. The molecule has 0 aliphatic heterocycles. The van der Waals surface area contributed by atoms with Gasteiger partial charge in [-0.3, -0.25) is 4.79 Å². The van der Waals surface area contributed by atoms with E-state index in [1.807, 2.05) is 32.0 Å². The van der Waals surface area contributed by atoms with E-state index < -0.39 is 0 Å². The van der Waals surface area contributed by atoms with E-state index in [2.05, 4.69) is 26.8 Å². The molecule has 3 aromatic rings. The van der Waals surface area contributed by atoms with E-state index in [0.717, 1.165) is 27.9 Å². The second kappa shape index (κ2) is 9.83. The molecule has 7 heteroatoms. The van der Waals surface area contributed by atoms with Gasteiger partial charge in [-0.1, -0.05) is 24.8 Å². The second-order valence-corrected chi connectivity index (χ2v) is 7.10. The van der Waals surface area contributed by atoms with Crippen molar-refractivity contribution in [3.8, 4) is 23.1 Å². The Morgan fingerprint density at radius 1 is 1.16 bits per heavy atom. The molecule has 3 rings (SSSR count). The number of amides is 1. The Labute approximate surface area is 182 Å². The number of aryl methyl sites for hydroxylation is 2. The van der Waals surface area contributed by atoms with Gasteiger partial charge in [-0.05, 0) is 43.2 Å². The summed E-state index contributed by atoms with van der Waals surface area (Å²) in [6, 6.07) is 9.11. The van der Waals surface area contributed by atoms with Crippen LogP contribution in [0.5, 0.6) is 0 Å². The minimum Gasteiger partial charge on any atom is -0.395 e. The van der Waals surface area contributed by atoms with Crippen LogP contribution in [0.15, 0.2) is 42.9 Å². The maximum Gasteiger partial charge on any atom is 0.253 e. The number of benzene rings is 1. The van der Waals surface area contributed by atoms with Crippen molar-refractivity contribution in [2.24, 2.45) is 0 Å². The molecule has 7 nitrogen and oxygen atoms in total. The van der Waals surface area contributed by atoms with E-state index in [4.69, 9.17) is 10.8 Å². The van der Waals surface area contributed by atoms with Gasteiger partial charge in [0.1, 0.15) is 12.1 Å². The molecule has 31 heavy (non-hydrogen) atoms. The number of rotatable bonds is 5. The number of carbonyl (C=O) groups excluding carboxylic acids is 1. The first-order chi connectivity index (χ1) is 14.9. The summed E-state index contributed by atoms with van der Waals surface area (Å²) in [6.45, 7) is 4.11. The Kier molecular flexibility index (Phi) is 6.96. The van der Waals surface area contributed by atoms with Crippen LogP contribution in [0.4, 0.5) is 5.82 Å². The zero-order chi connectivity index (χ0) is 22.4. The number of hydrogen-bond donors (Lipinski definition) is 2. The smallest absolute Gasteiger partial charge is 0.253 e. The van der Waals surface area contributed by atoms with Crippen molar-refractivity contribution in [1.82, 2.24) is 19.9 Å². The van der Waals surface area contributed by atoms with E-state index in [1.165, 1.54) is 11.2 Å². The van der Waals surface area contributed by atoms with Crippen LogP contribution >= 0.6 is 0 Å². The molecule has 0 radical (unpaired) electrons. The topological polar surface area (TPSA) is 105 Å². The van der Waals surface area contributed by atoms with Crippen molar-refractivity contribution in [2.45, 2.75) is 20.3 Å². The zero-order valence-corrected chi connectivity index (χ0v) is 17.9. The number of likely N-dealkylation sites (N-methyl/N-ethyl adjacent to an activating group) is 1. The average Bonchev–Trinajstić information content (AvgIpc) is 2.78. The lowest BCUT2D eigenvalue weighted by atomic mass is 9.98. The Morgan fingerprint density at radius 3 is 2.61 bits per heavy atom. The summed E-state index contributed by atoms with van der Waals surface area (Å²) in [5.41, 5.74) is 11.0. The fraction of sp³-hybridized carbons (Fsp3) is 0.250. The second-order valence-electron chi connectivity index (χ2n) is 7.10. The van der Waals surface area contributed by atoms with Crippen LogP contribution in [0.25, 0.3) is 11.3 Å². The molecule has 0 spiro atoms. The van der Waals surface area contributed by atoms with E-state index >= 15 is 0 Å². The average molecular weight is 415 g/mol. The summed E-state index contributed by atoms with van der Waals surface area (Å²) in [4.78, 5) is 27.1. The maximum atomic E-state index is 12.6. The predicted octanol–water partition coefficient (Wildman–Crippen LogP) is 2.46. The summed E-state index contributed by atoms with van der Waals surface area (Å²) < 4.78 is 0. The van der Waals surface area contributed by atoms with Gasteiger partial charge < -0.3 is 15.7 Å². The first kappa shape index (κ1) is 21.9. The third kappa shape index (κ3) is 5.05. The minimum absolute atomic E-state index is 0.0777. The monoisotopic (exact) mass is 415 g/mol. The molecule has 1 aromatic carbocycles. The number of carbonyl (C=O) groups is 1. The molecule has 0 bridgehead atoms. The van der Waals surface area contributed by atoms with Crippen LogP contribution in [0.1, 0.15) is 39.7 Å². The molecule has 0 aliphatic carbocycles. The van der Waals surface area contributed by atoms with Gasteiger partial charge in [-0.2, -0.15) is 0 Å². The summed E-state index contributed by atoms with van der Waals surface area (Å²) in [7, 11) is 1.67. The van der Waals surface area contributed by atoms with E-state index in [0.29, 0.717) is 23.5 Å². The number of anilines is 1. The van der Waals surface area contributed by atoms with Crippen LogP contribution in [0, 0.1) is 18.8 Å². The zero-order valence-electron chi connectivity index (χ0n) is 17.9. The molecule has 0 atom stereocenters. The van der Waals surface area contributed by atoms with Crippen LogP contribution < -0.4 is 5.73 Å². The van der Waals surface area contributed by atoms with Crippen molar-refractivity contribution < 1.29 is 9.90 Å². The van der Waals surface area contributed by atoms with Crippen molar-refractivity contribution in [1.29, 1.82) is 0 Å². The molecular weight excluding hydrogens is 390 g/mol. The van der Waals surface area contributed by atoms with Gasteiger partial charge in [-0.25, -0.2) is 15.0 Å². The lowest BCUT2D eigenvalue weighted by molar-refractivity contribution is 0.0766. The Bertz CT molecular complexity index is 1150. The van der Waals surface area contributed by atoms with Gasteiger partial charge in [0.25, 0.3) is 5.91 Å². The number of pyridine rings is 1. The summed E-state index contributed by atoms with van der Waals surface area (Å²) in [5.74, 6) is 6.62. The molecular formula is C24H25N5O2. The molecule has 1 amide bonds. The Balaban J connectivity index is 2.03. The number of nitrogen functional groups attached to an aromatic ring is 1. The van der Waals surface area contributed by atoms with Crippen molar-refractivity contribution in [3.63, 3.8) is 0 Å². The van der Waals surface area contributed by atoms with Gasteiger partial charge in [0.2, 0.25) is 0 Å². The highest BCUT2D eigenvalue weighted by Crippen LogP contribution is 2.25. The highest BCUT2D eigenvalue weighted by molar-refractivity contribution is 5.96. The largest absolute Gasteiger partial charge is 0.395 e. The standard InChI is InChI=1S/C24H25N5O2/c1-4-21-20(8-5-17-6-10-22(25)26-14-17)23(28-15-27-21)18-7-9-19(16(2)13-18)24(31)29(3)11-12-30/h6-7,9-10,13-15,30H,4,11-12H2,1-3H3,(H2,25,26). The molecule has 0 saturated heterocycles. The Hall–Kier alpha value is -3.76. The highest BCUT2D eigenvalue weighted by atomic mass is 16.3. The van der Waals surface area contributed by atoms with Gasteiger partial charge >= 0.3 is 0 Å². The van der Waals surface area contributed by atoms with Gasteiger partial charge in [-0.15, -0.1) is 0 Å². The van der Waals surface area contributed by atoms with Crippen LogP contribution in [0.3, 0.4) is 0 Å². The summed E-state index contributed by atoms with van der Waals surface area (Å²) in [5, 5.41) is 9.09. The third-order valence-corrected chi connectivity index (χ3v) is 4.89. The third-order valence-electron chi connectivity index (χ3n) is 4.89. The first-order valence-corrected chi connectivity index (χ1v) is 9.99. The van der Waals surface area contributed by atoms with Crippen LogP contribution in [-0.2, 0) is 6.42 Å². The molecule has 3 N–H and O–H groups in total. The number of hydrogen-bond acceptors (Lipinski definition) is 6. The van der Waals surface area contributed by atoms with Crippen molar-refractivity contribution in [2.75, 3.05) is 25.9 Å². The van der Waals surface area contributed by atoms with Gasteiger partial charge in [0, 0.05) is 36.5 Å². The normalized spacial score (nSPS) is 10.3. The summed E-state index contributed by atoms with van der Waals surface area (Å²) in [6.07, 6.45) is 3.87. The fourth-order valence-corrected chi connectivity index (χ4v) is 3.16. The molecule has 158 valence electrons. The Morgan fingerprint density at radius 2 is 1.97 bits per heavy atom. The molecule has 2 heterocycles.